The van der Waals surface area contributed by atoms with Crippen LogP contribution in [0.15, 0.2) is 6.07 Å². The lowest BCUT2D eigenvalue weighted by atomic mass is 10.0. The lowest BCUT2D eigenvalue weighted by Crippen LogP contribution is -2.49. The number of aromatic amines is 1. The number of amides is 1. The third-order valence-electron chi connectivity index (χ3n) is 6.68. The highest BCUT2D eigenvalue weighted by atomic mass is 32.2. The number of ether oxygens (including phenoxy) is 1. The van der Waals surface area contributed by atoms with Gasteiger partial charge in [-0.05, 0) is 44.9 Å². The lowest BCUT2D eigenvalue weighted by molar-refractivity contribution is 0.100. The molecule has 1 aromatic rings. The number of alkyl carbamates (subject to hydrolysis) is 1. The second kappa shape index (κ2) is 10.8. The van der Waals surface area contributed by atoms with Gasteiger partial charge in [-0.2, -0.15) is 17.8 Å². The standard InChI is InChI=1S/C21H36N6O4S/c28-21-22-10-4-2-1-3-5-11-23-32(29,30)27-12-6-7-17(15-27)24-20-14-19(25-26-20)16-8-9-18(13-16)31-21/h14,16-18,23H,1-13,15H2,(H,22,28)(H2,24,25,26)/t16-,17?,18+/m0/s1. The number of nitrogens with one attached hydrogen (secondary N) is 4. The third kappa shape index (κ3) is 6.35. The molecule has 2 unspecified atom stereocenters. The molecule has 2 fully saturated rings. The van der Waals surface area contributed by atoms with Crippen LogP contribution in [0.4, 0.5) is 10.6 Å². The number of hydrogen-bond acceptors (Lipinski definition) is 6. The molecule has 4 atom stereocenters. The number of aromatic nitrogens is 2. The molecule has 180 valence electrons. The molecule has 0 spiro atoms. The van der Waals surface area contributed by atoms with Crippen LogP contribution < -0.4 is 15.4 Å². The fourth-order valence-electron chi connectivity index (χ4n) is 4.89. The van der Waals surface area contributed by atoms with Crippen LogP contribution in [0.5, 0.6) is 0 Å². The Hall–Kier alpha value is -1.85. The summed E-state index contributed by atoms with van der Waals surface area (Å²) in [5.41, 5.74) is 1.03. The van der Waals surface area contributed by atoms with Crippen molar-refractivity contribution in [1.82, 2.24) is 24.5 Å². The highest BCUT2D eigenvalue weighted by Crippen LogP contribution is 2.36. The van der Waals surface area contributed by atoms with Gasteiger partial charge in [0.2, 0.25) is 0 Å². The molecule has 1 aromatic heterocycles. The average Bonchev–Trinajstić information content (AvgIpc) is 3.41. The number of fused-ring (bicyclic) bond motifs is 7. The summed E-state index contributed by atoms with van der Waals surface area (Å²) in [6.07, 6.45) is 8.59. The molecule has 1 amide bonds. The zero-order chi connectivity index (χ0) is 22.4. The van der Waals surface area contributed by atoms with Gasteiger partial charge < -0.3 is 15.4 Å². The number of carbonyl (C=O) groups excluding carboxylic acids is 1. The Morgan fingerprint density at radius 3 is 2.72 bits per heavy atom. The number of rotatable bonds is 0. The summed E-state index contributed by atoms with van der Waals surface area (Å²) in [7, 11) is -3.47. The van der Waals surface area contributed by atoms with E-state index in [2.05, 4.69) is 25.6 Å². The lowest BCUT2D eigenvalue weighted by Gasteiger charge is -2.32. The molecule has 1 aliphatic carbocycles. The van der Waals surface area contributed by atoms with Gasteiger partial charge in [0.05, 0.1) is 0 Å². The summed E-state index contributed by atoms with van der Waals surface area (Å²) in [6.45, 7) is 2.04. The summed E-state index contributed by atoms with van der Waals surface area (Å²) >= 11 is 0. The Morgan fingerprint density at radius 2 is 1.84 bits per heavy atom. The van der Waals surface area contributed by atoms with Crippen molar-refractivity contribution < 1.29 is 17.9 Å². The average molecular weight is 469 g/mol. The highest BCUT2D eigenvalue weighted by Gasteiger charge is 2.31. The van der Waals surface area contributed by atoms with E-state index in [1.54, 1.807) is 4.31 Å². The largest absolute Gasteiger partial charge is 0.446 e. The third-order valence-corrected chi connectivity index (χ3v) is 8.26. The van der Waals surface area contributed by atoms with E-state index in [4.69, 9.17) is 4.74 Å². The number of hydrogen-bond donors (Lipinski definition) is 4. The van der Waals surface area contributed by atoms with Gasteiger partial charge in [0.15, 0.2) is 0 Å². The van der Waals surface area contributed by atoms with Crippen LogP contribution in [0.1, 0.15) is 75.8 Å². The van der Waals surface area contributed by atoms with Gasteiger partial charge >= 0.3 is 6.09 Å². The van der Waals surface area contributed by atoms with Gasteiger partial charge in [-0.25, -0.2) is 9.52 Å². The maximum absolute atomic E-state index is 12.7. The van der Waals surface area contributed by atoms with E-state index in [0.29, 0.717) is 26.2 Å². The predicted octanol–water partition coefficient (Wildman–Crippen LogP) is 2.45. The van der Waals surface area contributed by atoms with E-state index in [1.165, 1.54) is 0 Å². The molecule has 3 heterocycles. The molecule has 6 bridgehead atoms. The first kappa shape index (κ1) is 23.3. The summed E-state index contributed by atoms with van der Waals surface area (Å²) < 4.78 is 35.3. The topological polar surface area (TPSA) is 128 Å². The molecule has 1 saturated carbocycles. The van der Waals surface area contributed by atoms with Gasteiger partial charge in [0.25, 0.3) is 10.2 Å². The zero-order valence-corrected chi connectivity index (χ0v) is 19.5. The highest BCUT2D eigenvalue weighted by molar-refractivity contribution is 7.87. The van der Waals surface area contributed by atoms with Crippen molar-refractivity contribution in [3.05, 3.63) is 11.8 Å². The van der Waals surface area contributed by atoms with E-state index in [1.807, 2.05) is 6.07 Å². The molecule has 2 aliphatic heterocycles. The Labute approximate surface area is 190 Å². The molecular weight excluding hydrogens is 432 g/mol. The summed E-state index contributed by atoms with van der Waals surface area (Å²) in [5, 5.41) is 13.8. The van der Waals surface area contributed by atoms with Crippen LogP contribution in [-0.4, -0.2) is 67.3 Å². The molecule has 4 N–H and O–H groups in total. The minimum absolute atomic E-state index is 0.0256. The number of piperidine rings is 1. The molecule has 3 aliphatic rings. The van der Waals surface area contributed by atoms with Crippen LogP contribution in [0, 0.1) is 0 Å². The number of carbonyl (C=O) groups is 1. The molecule has 11 heteroatoms. The Kier molecular flexibility index (Phi) is 7.90. The number of anilines is 1. The van der Waals surface area contributed by atoms with Crippen LogP contribution in [0.2, 0.25) is 0 Å². The van der Waals surface area contributed by atoms with Crippen LogP contribution in [0.25, 0.3) is 0 Å². The van der Waals surface area contributed by atoms with Crippen molar-refractivity contribution in [2.75, 3.05) is 31.5 Å². The quantitative estimate of drug-likeness (QED) is 0.463. The normalized spacial score (nSPS) is 32.4. The minimum atomic E-state index is -3.47. The van der Waals surface area contributed by atoms with Gasteiger partial charge in [0, 0.05) is 49.9 Å². The summed E-state index contributed by atoms with van der Waals surface area (Å²) in [4.78, 5) is 12.1. The second-order valence-corrected chi connectivity index (χ2v) is 10.9. The Balaban J connectivity index is 1.41. The molecule has 10 nitrogen and oxygen atoms in total. The zero-order valence-electron chi connectivity index (χ0n) is 18.6. The maximum atomic E-state index is 12.7. The molecule has 1 saturated heterocycles. The van der Waals surface area contributed by atoms with Gasteiger partial charge in [-0.3, -0.25) is 5.10 Å². The van der Waals surface area contributed by atoms with E-state index >= 15 is 0 Å². The summed E-state index contributed by atoms with van der Waals surface area (Å²) in [6, 6.07) is 2.03. The fraction of sp³-hybridized carbons (Fsp3) is 0.810. The molecule has 0 aromatic carbocycles. The second-order valence-electron chi connectivity index (χ2n) is 9.18. The van der Waals surface area contributed by atoms with Crippen LogP contribution in [0.3, 0.4) is 0 Å². The maximum Gasteiger partial charge on any atom is 0.407 e. The fourth-order valence-corrected chi connectivity index (χ4v) is 6.22. The van der Waals surface area contributed by atoms with Crippen molar-refractivity contribution in [2.24, 2.45) is 0 Å². The van der Waals surface area contributed by atoms with Gasteiger partial charge in [0.1, 0.15) is 11.9 Å². The van der Waals surface area contributed by atoms with Crippen molar-refractivity contribution in [3.63, 3.8) is 0 Å². The Morgan fingerprint density at radius 1 is 1.03 bits per heavy atom. The SMILES string of the molecule is O=C1NCCCCCCCNS(=O)(=O)N2CCCC(C2)Nc2cc([nH]n2)[C@H]2CC[C@H](C2)O1. The first-order chi connectivity index (χ1) is 15.5. The molecule has 32 heavy (non-hydrogen) atoms. The van der Waals surface area contributed by atoms with Gasteiger partial charge in [-0.15, -0.1) is 0 Å². The summed E-state index contributed by atoms with van der Waals surface area (Å²) in [5.74, 6) is 1.02. The predicted molar refractivity (Wildman–Crippen MR) is 122 cm³/mol. The van der Waals surface area contributed by atoms with E-state index < -0.39 is 10.2 Å². The van der Waals surface area contributed by atoms with Crippen LogP contribution in [-0.2, 0) is 14.9 Å². The van der Waals surface area contributed by atoms with Crippen molar-refractivity contribution in [3.8, 4) is 0 Å². The Bertz CT molecular complexity index is 860. The first-order valence-corrected chi connectivity index (χ1v) is 13.4. The van der Waals surface area contributed by atoms with E-state index in [0.717, 1.165) is 75.7 Å². The van der Waals surface area contributed by atoms with Crippen molar-refractivity contribution in [2.45, 2.75) is 82.3 Å². The monoisotopic (exact) mass is 468 g/mol. The van der Waals surface area contributed by atoms with Crippen LogP contribution >= 0.6 is 0 Å². The molecule has 0 radical (unpaired) electrons. The van der Waals surface area contributed by atoms with Crippen molar-refractivity contribution >= 4 is 22.1 Å². The smallest absolute Gasteiger partial charge is 0.407 e. The first-order valence-electron chi connectivity index (χ1n) is 12.0. The number of H-pyrrole nitrogens is 1. The van der Waals surface area contributed by atoms with Crippen molar-refractivity contribution in [1.29, 1.82) is 0 Å². The number of nitrogens with zero attached hydrogens (tertiary/aromatic N) is 2. The molecular formula is C21H36N6O4S. The minimum Gasteiger partial charge on any atom is -0.446 e. The van der Waals surface area contributed by atoms with E-state index in [-0.39, 0.29) is 24.2 Å². The van der Waals surface area contributed by atoms with E-state index in [9.17, 15) is 13.2 Å². The van der Waals surface area contributed by atoms with Gasteiger partial charge in [-0.1, -0.05) is 19.3 Å². The molecule has 4 rings (SSSR count).